The molecule has 0 amide bonds. The fourth-order valence-corrected chi connectivity index (χ4v) is 2.80. The number of halogens is 1. The number of hydrogen-bond acceptors (Lipinski definition) is 2. The van der Waals surface area contributed by atoms with Gasteiger partial charge in [-0.15, -0.1) is 0 Å². The molecule has 4 nitrogen and oxygen atoms in total. The van der Waals surface area contributed by atoms with Crippen LogP contribution in [0.4, 0.5) is 0 Å². The van der Waals surface area contributed by atoms with E-state index in [-0.39, 0.29) is 0 Å². The molecule has 1 aromatic carbocycles. The number of benzene rings is 1. The van der Waals surface area contributed by atoms with E-state index in [1.807, 2.05) is 25.2 Å². The van der Waals surface area contributed by atoms with Gasteiger partial charge < -0.3 is 15.3 Å². The summed E-state index contributed by atoms with van der Waals surface area (Å²) in [5.41, 5.74) is 0.641. The zero-order chi connectivity index (χ0) is 15.3. The molecule has 21 heavy (non-hydrogen) atoms. The van der Waals surface area contributed by atoms with Crippen LogP contribution in [0.15, 0.2) is 33.7 Å². The van der Waals surface area contributed by atoms with Crippen molar-refractivity contribution in [3.05, 3.63) is 34.3 Å². The molecular formula is C16H24BrN3O. The SMILES string of the molecule is CCNC(=NCC1(O)CCC1)N(C)Cc1ccccc1Br. The molecule has 0 unspecified atom stereocenters. The molecule has 0 radical (unpaired) electrons. The molecule has 0 atom stereocenters. The van der Waals surface area contributed by atoms with Crippen molar-refractivity contribution in [3.8, 4) is 0 Å². The summed E-state index contributed by atoms with van der Waals surface area (Å²) in [5, 5.41) is 13.5. The molecule has 1 saturated carbocycles. The highest BCUT2D eigenvalue weighted by molar-refractivity contribution is 9.10. The molecule has 1 aliphatic rings. The lowest BCUT2D eigenvalue weighted by Gasteiger charge is -2.35. The maximum atomic E-state index is 10.2. The van der Waals surface area contributed by atoms with Crippen LogP contribution in [0.1, 0.15) is 31.7 Å². The lowest BCUT2D eigenvalue weighted by atomic mass is 9.80. The van der Waals surface area contributed by atoms with Crippen LogP contribution in [-0.2, 0) is 6.54 Å². The summed E-state index contributed by atoms with van der Waals surface area (Å²) >= 11 is 3.58. The lowest BCUT2D eigenvalue weighted by molar-refractivity contribution is -0.0237. The predicted molar refractivity (Wildman–Crippen MR) is 90.4 cm³/mol. The van der Waals surface area contributed by atoms with E-state index in [9.17, 15) is 5.11 Å². The van der Waals surface area contributed by atoms with Gasteiger partial charge in [0.2, 0.25) is 0 Å². The maximum Gasteiger partial charge on any atom is 0.194 e. The Kier molecular flexibility index (Phi) is 5.65. The minimum atomic E-state index is -0.575. The van der Waals surface area contributed by atoms with Gasteiger partial charge in [0.05, 0.1) is 12.1 Å². The number of rotatable bonds is 5. The molecule has 0 aromatic heterocycles. The first-order valence-corrected chi connectivity index (χ1v) is 8.28. The second-order valence-corrected chi connectivity index (χ2v) is 6.55. The van der Waals surface area contributed by atoms with Gasteiger partial charge in [0, 0.05) is 24.6 Å². The normalized spacial score (nSPS) is 17.2. The Morgan fingerprint density at radius 1 is 1.43 bits per heavy atom. The highest BCUT2D eigenvalue weighted by Crippen LogP contribution is 2.31. The van der Waals surface area contributed by atoms with E-state index >= 15 is 0 Å². The van der Waals surface area contributed by atoms with Crippen LogP contribution in [0.5, 0.6) is 0 Å². The number of nitrogens with zero attached hydrogens (tertiary/aromatic N) is 2. The second-order valence-electron chi connectivity index (χ2n) is 5.70. The largest absolute Gasteiger partial charge is 0.388 e. The zero-order valence-electron chi connectivity index (χ0n) is 12.8. The zero-order valence-corrected chi connectivity index (χ0v) is 14.4. The molecule has 5 heteroatoms. The number of hydrogen-bond donors (Lipinski definition) is 2. The van der Waals surface area contributed by atoms with Crippen LogP contribution in [0.25, 0.3) is 0 Å². The molecule has 1 fully saturated rings. The van der Waals surface area contributed by atoms with Gasteiger partial charge in [0.1, 0.15) is 0 Å². The number of aliphatic imine (C=N–C) groups is 1. The van der Waals surface area contributed by atoms with Gasteiger partial charge in [-0.05, 0) is 37.8 Å². The Bertz CT molecular complexity index is 500. The topological polar surface area (TPSA) is 47.9 Å². The van der Waals surface area contributed by atoms with Gasteiger partial charge in [0.15, 0.2) is 5.96 Å². The van der Waals surface area contributed by atoms with Crippen LogP contribution < -0.4 is 5.32 Å². The summed E-state index contributed by atoms with van der Waals surface area (Å²) in [4.78, 5) is 6.69. The Hall–Kier alpha value is -1.07. The van der Waals surface area contributed by atoms with Gasteiger partial charge in [0.25, 0.3) is 0 Å². The van der Waals surface area contributed by atoms with Crippen molar-refractivity contribution in [2.45, 2.75) is 38.3 Å². The summed E-state index contributed by atoms with van der Waals surface area (Å²) in [6, 6.07) is 8.20. The van der Waals surface area contributed by atoms with Crippen molar-refractivity contribution in [3.63, 3.8) is 0 Å². The monoisotopic (exact) mass is 353 g/mol. The van der Waals surface area contributed by atoms with Crippen molar-refractivity contribution >= 4 is 21.9 Å². The first kappa shape index (κ1) is 16.3. The summed E-state index contributed by atoms with van der Waals surface area (Å²) in [6.45, 7) is 4.12. The second kappa shape index (κ2) is 7.27. The van der Waals surface area contributed by atoms with E-state index in [4.69, 9.17) is 0 Å². The standard InChI is InChI=1S/C16H24BrN3O/c1-3-18-15(19-12-16(21)9-6-10-16)20(2)11-13-7-4-5-8-14(13)17/h4-5,7-8,21H,3,6,9-12H2,1-2H3,(H,18,19). The molecule has 0 spiro atoms. The van der Waals surface area contributed by atoms with Gasteiger partial charge in [-0.3, -0.25) is 4.99 Å². The van der Waals surface area contributed by atoms with E-state index in [1.54, 1.807) is 0 Å². The molecule has 2 rings (SSSR count). The lowest BCUT2D eigenvalue weighted by Crippen LogP contribution is -2.43. The van der Waals surface area contributed by atoms with Crippen LogP contribution in [0.3, 0.4) is 0 Å². The molecule has 0 heterocycles. The number of aliphatic hydroxyl groups is 1. The fourth-order valence-electron chi connectivity index (χ4n) is 2.39. The van der Waals surface area contributed by atoms with E-state index in [0.717, 1.165) is 42.8 Å². The quantitative estimate of drug-likeness (QED) is 0.632. The third-order valence-electron chi connectivity index (χ3n) is 3.87. The third kappa shape index (κ3) is 4.45. The fraction of sp³-hybridized carbons (Fsp3) is 0.562. The average Bonchev–Trinajstić information content (AvgIpc) is 2.43. The smallest absolute Gasteiger partial charge is 0.194 e. The first-order valence-electron chi connectivity index (χ1n) is 7.49. The Morgan fingerprint density at radius 3 is 2.71 bits per heavy atom. The Balaban J connectivity index is 2.02. The molecule has 0 saturated heterocycles. The van der Waals surface area contributed by atoms with Gasteiger partial charge >= 0.3 is 0 Å². The van der Waals surface area contributed by atoms with Crippen molar-refractivity contribution in [1.29, 1.82) is 0 Å². The van der Waals surface area contributed by atoms with Crippen LogP contribution in [0, 0.1) is 0 Å². The predicted octanol–water partition coefficient (Wildman–Crippen LogP) is 2.76. The van der Waals surface area contributed by atoms with E-state index < -0.39 is 5.60 Å². The van der Waals surface area contributed by atoms with Crippen molar-refractivity contribution < 1.29 is 5.11 Å². The van der Waals surface area contributed by atoms with Gasteiger partial charge in [-0.25, -0.2) is 0 Å². The summed E-state index contributed by atoms with van der Waals surface area (Å²) in [5.74, 6) is 0.841. The Morgan fingerprint density at radius 2 is 2.14 bits per heavy atom. The van der Waals surface area contributed by atoms with Crippen molar-refractivity contribution in [2.24, 2.45) is 4.99 Å². The van der Waals surface area contributed by atoms with E-state index in [1.165, 1.54) is 5.56 Å². The molecule has 0 bridgehead atoms. The van der Waals surface area contributed by atoms with Crippen LogP contribution in [0.2, 0.25) is 0 Å². The van der Waals surface area contributed by atoms with E-state index in [2.05, 4.69) is 44.1 Å². The van der Waals surface area contributed by atoms with Gasteiger partial charge in [-0.2, -0.15) is 0 Å². The summed E-state index contributed by atoms with van der Waals surface area (Å²) in [6.07, 6.45) is 2.84. The molecule has 1 aliphatic carbocycles. The third-order valence-corrected chi connectivity index (χ3v) is 4.64. The minimum Gasteiger partial charge on any atom is -0.388 e. The average molecular weight is 354 g/mol. The molecule has 1 aromatic rings. The molecule has 116 valence electrons. The molecule has 2 N–H and O–H groups in total. The number of guanidine groups is 1. The summed E-state index contributed by atoms with van der Waals surface area (Å²) in [7, 11) is 2.02. The first-order chi connectivity index (χ1) is 10.0. The maximum absolute atomic E-state index is 10.2. The van der Waals surface area contributed by atoms with Gasteiger partial charge in [-0.1, -0.05) is 34.1 Å². The highest BCUT2D eigenvalue weighted by Gasteiger charge is 2.34. The highest BCUT2D eigenvalue weighted by atomic mass is 79.9. The Labute approximate surface area is 135 Å². The summed E-state index contributed by atoms with van der Waals surface area (Å²) < 4.78 is 1.10. The van der Waals surface area contributed by atoms with Crippen LogP contribution in [-0.4, -0.2) is 41.7 Å². The van der Waals surface area contributed by atoms with E-state index in [0.29, 0.717) is 6.54 Å². The number of nitrogens with one attached hydrogen (secondary N) is 1. The minimum absolute atomic E-state index is 0.482. The van der Waals surface area contributed by atoms with Crippen molar-refractivity contribution in [2.75, 3.05) is 20.1 Å². The molecular weight excluding hydrogens is 330 g/mol. The van der Waals surface area contributed by atoms with Crippen molar-refractivity contribution in [1.82, 2.24) is 10.2 Å². The van der Waals surface area contributed by atoms with Crippen LogP contribution >= 0.6 is 15.9 Å². The molecule has 0 aliphatic heterocycles.